The van der Waals surface area contributed by atoms with Gasteiger partial charge in [0.25, 0.3) is 5.91 Å². The Morgan fingerprint density at radius 2 is 1.85 bits per heavy atom. The Hall–Kier alpha value is -2.28. The van der Waals surface area contributed by atoms with Crippen molar-refractivity contribution in [2.45, 2.75) is 20.4 Å². The normalized spacial score (nSPS) is 10.5. The summed E-state index contributed by atoms with van der Waals surface area (Å²) in [7, 11) is 0. The van der Waals surface area contributed by atoms with Crippen molar-refractivity contribution in [2.75, 3.05) is 31.7 Å². The fraction of sp³-hybridized carbons (Fsp3) is 0.350. The number of benzene rings is 2. The van der Waals surface area contributed by atoms with Crippen LogP contribution in [-0.4, -0.2) is 37.4 Å². The Morgan fingerprint density at radius 3 is 2.52 bits per heavy atom. The number of carbonyl (C=O) groups is 1. The Bertz CT molecular complexity index is 750. The Kier molecular flexibility index (Phi) is 8.39. The van der Waals surface area contributed by atoms with Crippen molar-refractivity contribution in [3.05, 3.63) is 52.5 Å². The van der Waals surface area contributed by atoms with Crippen LogP contribution in [0, 0.1) is 6.92 Å². The first kappa shape index (κ1) is 21.0. The highest BCUT2D eigenvalue weighted by Gasteiger charge is 2.13. The first-order chi connectivity index (χ1) is 13.0. The number of amides is 1. The van der Waals surface area contributed by atoms with Crippen LogP contribution >= 0.6 is 11.6 Å². The number of aliphatic hydroxyl groups excluding tert-OH is 1. The standard InChI is InChI=1S/C20H25ClN2O4/c1-3-26-18-10-15(12-22-8-9-24)17(21)11-19(18)27-13-20(25)23-16-6-4-14(2)5-7-16/h4-7,10-11,22,24H,3,8-9,12-13H2,1-2H3,(H,23,25). The van der Waals surface area contributed by atoms with Gasteiger partial charge < -0.3 is 25.2 Å². The molecule has 0 bridgehead atoms. The molecule has 27 heavy (non-hydrogen) atoms. The summed E-state index contributed by atoms with van der Waals surface area (Å²) < 4.78 is 11.2. The first-order valence-electron chi connectivity index (χ1n) is 8.79. The van der Waals surface area contributed by atoms with Crippen LogP contribution in [0.3, 0.4) is 0 Å². The highest BCUT2D eigenvalue weighted by Crippen LogP contribution is 2.33. The van der Waals surface area contributed by atoms with Gasteiger partial charge in [0.2, 0.25) is 0 Å². The lowest BCUT2D eigenvalue weighted by atomic mass is 10.2. The summed E-state index contributed by atoms with van der Waals surface area (Å²) in [5, 5.41) is 15.2. The van der Waals surface area contributed by atoms with Crippen LogP contribution in [0.4, 0.5) is 5.69 Å². The molecular formula is C20H25ClN2O4. The summed E-state index contributed by atoms with van der Waals surface area (Å²) in [6.07, 6.45) is 0. The highest BCUT2D eigenvalue weighted by molar-refractivity contribution is 6.31. The van der Waals surface area contributed by atoms with Crippen LogP contribution in [-0.2, 0) is 11.3 Å². The van der Waals surface area contributed by atoms with E-state index in [0.29, 0.717) is 41.9 Å². The summed E-state index contributed by atoms with van der Waals surface area (Å²) in [5.74, 6) is 0.656. The van der Waals surface area contributed by atoms with Gasteiger partial charge >= 0.3 is 0 Å². The molecule has 0 atom stereocenters. The van der Waals surface area contributed by atoms with Crippen molar-refractivity contribution in [1.82, 2.24) is 5.32 Å². The summed E-state index contributed by atoms with van der Waals surface area (Å²) >= 11 is 6.30. The molecule has 0 aromatic heterocycles. The minimum Gasteiger partial charge on any atom is -0.490 e. The predicted octanol–water partition coefficient (Wildman–Crippen LogP) is 3.15. The van der Waals surface area contributed by atoms with Gasteiger partial charge in [-0.2, -0.15) is 0 Å². The number of ether oxygens (including phenoxy) is 2. The summed E-state index contributed by atoms with van der Waals surface area (Å²) in [6.45, 7) is 5.16. The summed E-state index contributed by atoms with van der Waals surface area (Å²) in [6, 6.07) is 10.9. The van der Waals surface area contributed by atoms with Crippen molar-refractivity contribution in [2.24, 2.45) is 0 Å². The van der Waals surface area contributed by atoms with E-state index in [1.54, 1.807) is 12.1 Å². The molecule has 7 heteroatoms. The van der Waals surface area contributed by atoms with E-state index in [0.717, 1.165) is 11.1 Å². The molecule has 0 aliphatic heterocycles. The molecule has 3 N–H and O–H groups in total. The Morgan fingerprint density at radius 1 is 1.15 bits per heavy atom. The second-order valence-electron chi connectivity index (χ2n) is 5.93. The molecule has 2 aromatic carbocycles. The van der Waals surface area contributed by atoms with E-state index < -0.39 is 0 Å². The average Bonchev–Trinajstić information content (AvgIpc) is 2.65. The van der Waals surface area contributed by atoms with E-state index >= 15 is 0 Å². The van der Waals surface area contributed by atoms with Gasteiger partial charge in [-0.25, -0.2) is 0 Å². The zero-order chi connectivity index (χ0) is 19.6. The molecule has 146 valence electrons. The largest absolute Gasteiger partial charge is 0.490 e. The van der Waals surface area contributed by atoms with Gasteiger partial charge in [-0.3, -0.25) is 4.79 Å². The lowest BCUT2D eigenvalue weighted by molar-refractivity contribution is -0.118. The summed E-state index contributed by atoms with van der Waals surface area (Å²) in [5.41, 5.74) is 2.65. The minimum atomic E-state index is -0.272. The molecule has 0 saturated heterocycles. The van der Waals surface area contributed by atoms with Gasteiger partial charge in [-0.15, -0.1) is 0 Å². The molecule has 2 aromatic rings. The second-order valence-corrected chi connectivity index (χ2v) is 6.33. The zero-order valence-corrected chi connectivity index (χ0v) is 16.3. The van der Waals surface area contributed by atoms with Gasteiger partial charge in [0.1, 0.15) is 0 Å². The van der Waals surface area contributed by atoms with Crippen molar-refractivity contribution in [3.8, 4) is 11.5 Å². The van der Waals surface area contributed by atoms with Gasteiger partial charge in [0.05, 0.1) is 13.2 Å². The third kappa shape index (κ3) is 6.75. The minimum absolute atomic E-state index is 0.0488. The maximum absolute atomic E-state index is 12.1. The maximum Gasteiger partial charge on any atom is 0.262 e. The molecule has 0 fully saturated rings. The lowest BCUT2D eigenvalue weighted by Crippen LogP contribution is -2.20. The third-order valence-corrected chi connectivity index (χ3v) is 4.06. The van der Waals surface area contributed by atoms with Gasteiger partial charge in [-0.1, -0.05) is 29.3 Å². The fourth-order valence-corrected chi connectivity index (χ4v) is 2.59. The number of rotatable bonds is 10. The molecule has 0 spiro atoms. The molecule has 1 amide bonds. The summed E-state index contributed by atoms with van der Waals surface area (Å²) in [4.78, 5) is 12.1. The quantitative estimate of drug-likeness (QED) is 0.541. The number of anilines is 1. The van der Waals surface area contributed by atoms with E-state index in [2.05, 4.69) is 10.6 Å². The molecule has 0 heterocycles. The van der Waals surface area contributed by atoms with Crippen molar-refractivity contribution in [3.63, 3.8) is 0 Å². The smallest absolute Gasteiger partial charge is 0.262 e. The van der Waals surface area contributed by atoms with E-state index in [1.165, 1.54) is 0 Å². The molecule has 0 aliphatic rings. The van der Waals surface area contributed by atoms with Gasteiger partial charge in [0.15, 0.2) is 18.1 Å². The molecule has 0 saturated carbocycles. The molecule has 0 radical (unpaired) electrons. The number of hydrogen-bond acceptors (Lipinski definition) is 5. The number of halogens is 1. The molecule has 0 aliphatic carbocycles. The Labute approximate surface area is 164 Å². The first-order valence-corrected chi connectivity index (χ1v) is 9.17. The SMILES string of the molecule is CCOc1cc(CNCCO)c(Cl)cc1OCC(=O)Nc1ccc(C)cc1. The van der Waals surface area contributed by atoms with Crippen molar-refractivity contribution < 1.29 is 19.4 Å². The number of carbonyl (C=O) groups excluding carboxylic acids is 1. The van der Waals surface area contributed by atoms with Gasteiger partial charge in [0, 0.05) is 29.9 Å². The van der Waals surface area contributed by atoms with E-state index in [4.69, 9.17) is 26.2 Å². The average molecular weight is 393 g/mol. The molecule has 2 rings (SSSR count). The number of nitrogens with one attached hydrogen (secondary N) is 2. The van der Waals surface area contributed by atoms with E-state index in [1.807, 2.05) is 38.1 Å². The van der Waals surface area contributed by atoms with Crippen molar-refractivity contribution >= 4 is 23.2 Å². The van der Waals surface area contributed by atoms with Crippen LogP contribution in [0.15, 0.2) is 36.4 Å². The Balaban J connectivity index is 2.02. The zero-order valence-electron chi connectivity index (χ0n) is 15.5. The third-order valence-electron chi connectivity index (χ3n) is 3.71. The molecular weight excluding hydrogens is 368 g/mol. The van der Waals surface area contributed by atoms with E-state index in [-0.39, 0.29) is 19.1 Å². The highest BCUT2D eigenvalue weighted by atomic mass is 35.5. The van der Waals surface area contributed by atoms with E-state index in [9.17, 15) is 4.79 Å². The maximum atomic E-state index is 12.1. The number of hydrogen-bond donors (Lipinski definition) is 3. The molecule has 6 nitrogen and oxygen atoms in total. The second kappa shape index (κ2) is 10.8. The number of aryl methyl sites for hydroxylation is 1. The van der Waals surface area contributed by atoms with Crippen LogP contribution in [0.1, 0.15) is 18.1 Å². The monoisotopic (exact) mass is 392 g/mol. The molecule has 0 unspecified atom stereocenters. The van der Waals surface area contributed by atoms with Crippen LogP contribution < -0.4 is 20.1 Å². The lowest BCUT2D eigenvalue weighted by Gasteiger charge is -2.15. The van der Waals surface area contributed by atoms with Crippen LogP contribution in [0.2, 0.25) is 5.02 Å². The fourth-order valence-electron chi connectivity index (χ4n) is 2.37. The topological polar surface area (TPSA) is 79.8 Å². The van der Waals surface area contributed by atoms with Gasteiger partial charge in [-0.05, 0) is 37.6 Å². The van der Waals surface area contributed by atoms with Crippen LogP contribution in [0.5, 0.6) is 11.5 Å². The van der Waals surface area contributed by atoms with Crippen molar-refractivity contribution in [1.29, 1.82) is 0 Å². The predicted molar refractivity (Wildman–Crippen MR) is 107 cm³/mol. The number of aliphatic hydroxyl groups is 1. The van der Waals surface area contributed by atoms with Crippen LogP contribution in [0.25, 0.3) is 0 Å².